The largest absolute Gasteiger partial charge is 0.297 e. The van der Waals surface area contributed by atoms with Crippen molar-refractivity contribution in [2.75, 3.05) is 45.8 Å². The van der Waals surface area contributed by atoms with Gasteiger partial charge in [0.05, 0.1) is 0 Å². The maximum Gasteiger partial charge on any atom is 0.0237 e. The van der Waals surface area contributed by atoms with Crippen molar-refractivity contribution in [3.05, 3.63) is 144 Å². The van der Waals surface area contributed by atoms with Gasteiger partial charge in [0.25, 0.3) is 0 Å². The molecule has 1 aliphatic heterocycles. The molecule has 0 saturated carbocycles. The smallest absolute Gasteiger partial charge is 0.0237 e. The zero-order valence-corrected chi connectivity index (χ0v) is 24.7. The van der Waals surface area contributed by atoms with E-state index in [2.05, 4.69) is 148 Å². The third-order valence-corrected chi connectivity index (χ3v) is 8.29. The second kappa shape index (κ2) is 15.6. The molecule has 1 heterocycles. The Hall–Kier alpha value is -3.28. The van der Waals surface area contributed by atoms with Gasteiger partial charge in [-0.05, 0) is 29.2 Å². The predicted molar refractivity (Wildman–Crippen MR) is 171 cm³/mol. The molecular formula is C37H46N4. The second-order valence-electron chi connectivity index (χ2n) is 11.5. The van der Waals surface area contributed by atoms with Crippen molar-refractivity contribution in [3.8, 4) is 0 Å². The molecule has 4 aromatic carbocycles. The van der Waals surface area contributed by atoms with Crippen molar-refractivity contribution < 1.29 is 0 Å². The van der Waals surface area contributed by atoms with Crippen LogP contribution in [0.3, 0.4) is 0 Å². The van der Waals surface area contributed by atoms with E-state index in [1.165, 1.54) is 22.3 Å². The van der Waals surface area contributed by atoms with E-state index in [0.29, 0.717) is 6.04 Å². The van der Waals surface area contributed by atoms with Gasteiger partial charge in [0.1, 0.15) is 0 Å². The molecule has 5 rings (SSSR count). The highest BCUT2D eigenvalue weighted by Gasteiger charge is 2.22. The molecule has 4 aromatic rings. The topological polar surface area (TPSA) is 13.0 Å². The number of rotatable bonds is 8. The van der Waals surface area contributed by atoms with Crippen LogP contribution in [-0.4, -0.2) is 71.5 Å². The Kier molecular flexibility index (Phi) is 11.2. The molecule has 1 aliphatic rings. The summed E-state index contributed by atoms with van der Waals surface area (Å²) in [7, 11) is 0. The first-order chi connectivity index (χ1) is 20.2. The van der Waals surface area contributed by atoms with Gasteiger partial charge in [0, 0.05) is 78.0 Å². The van der Waals surface area contributed by atoms with Crippen molar-refractivity contribution in [3.63, 3.8) is 0 Å². The van der Waals surface area contributed by atoms with E-state index in [1.54, 1.807) is 0 Å². The van der Waals surface area contributed by atoms with E-state index in [-0.39, 0.29) is 0 Å². The van der Waals surface area contributed by atoms with Gasteiger partial charge in [-0.1, -0.05) is 121 Å². The molecule has 4 nitrogen and oxygen atoms in total. The lowest BCUT2D eigenvalue weighted by atomic mass is 10.1. The predicted octanol–water partition coefficient (Wildman–Crippen LogP) is 6.40. The minimum atomic E-state index is 0.444. The monoisotopic (exact) mass is 546 g/mol. The van der Waals surface area contributed by atoms with Crippen molar-refractivity contribution in [2.24, 2.45) is 0 Å². The minimum absolute atomic E-state index is 0.444. The highest BCUT2D eigenvalue weighted by atomic mass is 15.3. The lowest BCUT2D eigenvalue weighted by Gasteiger charge is -2.38. The van der Waals surface area contributed by atoms with Crippen molar-refractivity contribution in [1.29, 1.82) is 0 Å². The first-order valence-electron chi connectivity index (χ1n) is 15.3. The average molecular weight is 547 g/mol. The first kappa shape index (κ1) is 29.2. The van der Waals surface area contributed by atoms with E-state index in [0.717, 1.165) is 72.0 Å². The molecule has 4 heteroatoms. The van der Waals surface area contributed by atoms with E-state index in [1.807, 2.05) is 0 Å². The molecule has 0 unspecified atom stereocenters. The van der Waals surface area contributed by atoms with Crippen molar-refractivity contribution >= 4 is 0 Å². The van der Waals surface area contributed by atoms with Gasteiger partial charge in [0.15, 0.2) is 0 Å². The summed E-state index contributed by atoms with van der Waals surface area (Å²) >= 11 is 0. The maximum atomic E-state index is 2.70. The zero-order chi connectivity index (χ0) is 28.1. The fourth-order valence-electron chi connectivity index (χ4n) is 5.90. The fraction of sp³-hybridized carbons (Fsp3) is 0.351. The van der Waals surface area contributed by atoms with Crippen LogP contribution in [0.1, 0.15) is 29.2 Å². The van der Waals surface area contributed by atoms with Crippen LogP contribution in [0.25, 0.3) is 0 Å². The summed E-state index contributed by atoms with van der Waals surface area (Å²) in [6.07, 6.45) is 0. The van der Waals surface area contributed by atoms with Crippen LogP contribution in [0.5, 0.6) is 0 Å². The number of nitrogens with zero attached hydrogens (tertiary/aromatic N) is 4. The van der Waals surface area contributed by atoms with Gasteiger partial charge < -0.3 is 0 Å². The third-order valence-electron chi connectivity index (χ3n) is 8.29. The summed E-state index contributed by atoms with van der Waals surface area (Å²) in [5, 5.41) is 0. The lowest BCUT2D eigenvalue weighted by Crippen LogP contribution is -2.48. The van der Waals surface area contributed by atoms with E-state index in [4.69, 9.17) is 0 Å². The maximum absolute atomic E-state index is 2.70. The standard InChI is InChI=1S/C37H46N4/c1-33-28-40(31-36-18-10-4-11-19-36)25-24-38(29-34-14-6-2-7-15-34)22-23-39(30-35-16-8-3-9-17-35)26-27-41(33)32-37-20-12-5-13-21-37/h2-21,33H,22-32H2,1H3/t33-/m0/s1. The van der Waals surface area contributed by atoms with Gasteiger partial charge in [0.2, 0.25) is 0 Å². The SMILES string of the molecule is C[C@H]1CN(Cc2ccccc2)CCN(Cc2ccccc2)CCN(Cc2ccccc2)CCN1Cc1ccccc1. The fourth-order valence-corrected chi connectivity index (χ4v) is 5.90. The summed E-state index contributed by atoms with van der Waals surface area (Å²) in [6.45, 7) is 13.8. The molecule has 0 spiro atoms. The Morgan fingerprint density at radius 2 is 0.732 bits per heavy atom. The Labute approximate surface area is 247 Å². The molecular weight excluding hydrogens is 500 g/mol. The Morgan fingerprint density at radius 3 is 1.15 bits per heavy atom. The average Bonchev–Trinajstić information content (AvgIpc) is 3.01. The molecule has 0 bridgehead atoms. The summed E-state index contributed by atoms with van der Waals surface area (Å²) < 4.78 is 0. The van der Waals surface area contributed by atoms with Crippen LogP contribution in [0.15, 0.2) is 121 Å². The molecule has 0 aliphatic carbocycles. The molecule has 0 aromatic heterocycles. The Morgan fingerprint density at radius 1 is 0.415 bits per heavy atom. The minimum Gasteiger partial charge on any atom is -0.297 e. The van der Waals surface area contributed by atoms with Crippen LogP contribution in [0, 0.1) is 0 Å². The van der Waals surface area contributed by atoms with Crippen LogP contribution in [-0.2, 0) is 26.2 Å². The Bertz CT molecular complexity index is 1250. The van der Waals surface area contributed by atoms with Crippen LogP contribution in [0.2, 0.25) is 0 Å². The molecule has 41 heavy (non-hydrogen) atoms. The van der Waals surface area contributed by atoms with Crippen molar-refractivity contribution in [1.82, 2.24) is 19.6 Å². The lowest BCUT2D eigenvalue weighted by molar-refractivity contribution is 0.0926. The van der Waals surface area contributed by atoms with Gasteiger partial charge in [-0.25, -0.2) is 0 Å². The third kappa shape index (κ3) is 9.65. The number of hydrogen-bond acceptors (Lipinski definition) is 4. The van der Waals surface area contributed by atoms with Crippen LogP contribution >= 0.6 is 0 Å². The summed E-state index contributed by atoms with van der Waals surface area (Å²) in [6, 6.07) is 44.4. The van der Waals surface area contributed by atoms with Gasteiger partial charge in [-0.15, -0.1) is 0 Å². The molecule has 1 saturated heterocycles. The second-order valence-corrected chi connectivity index (χ2v) is 11.5. The quantitative estimate of drug-likeness (QED) is 0.254. The van der Waals surface area contributed by atoms with Crippen LogP contribution < -0.4 is 0 Å². The van der Waals surface area contributed by atoms with Crippen LogP contribution in [0.4, 0.5) is 0 Å². The van der Waals surface area contributed by atoms with Gasteiger partial charge in [-0.2, -0.15) is 0 Å². The molecule has 214 valence electrons. The zero-order valence-electron chi connectivity index (χ0n) is 24.7. The van der Waals surface area contributed by atoms with E-state index in [9.17, 15) is 0 Å². The summed E-state index contributed by atoms with van der Waals surface area (Å²) in [4.78, 5) is 10.7. The highest BCUT2D eigenvalue weighted by Crippen LogP contribution is 2.15. The number of benzene rings is 4. The van der Waals surface area contributed by atoms with Gasteiger partial charge in [-0.3, -0.25) is 19.6 Å². The molecule has 0 amide bonds. The Balaban J connectivity index is 1.37. The normalized spacial score (nSPS) is 18.9. The number of hydrogen-bond donors (Lipinski definition) is 0. The molecule has 1 fully saturated rings. The molecule has 0 N–H and O–H groups in total. The summed E-state index contributed by atoms with van der Waals surface area (Å²) in [5.74, 6) is 0. The van der Waals surface area contributed by atoms with Crippen molar-refractivity contribution in [2.45, 2.75) is 39.1 Å². The summed E-state index contributed by atoms with van der Waals surface area (Å²) in [5.41, 5.74) is 5.58. The van der Waals surface area contributed by atoms with E-state index >= 15 is 0 Å². The van der Waals surface area contributed by atoms with Gasteiger partial charge >= 0.3 is 0 Å². The highest BCUT2D eigenvalue weighted by molar-refractivity contribution is 5.17. The van der Waals surface area contributed by atoms with E-state index < -0.39 is 0 Å². The molecule has 1 atom stereocenters. The molecule has 0 radical (unpaired) electrons. The first-order valence-corrected chi connectivity index (χ1v) is 15.3.